The first-order chi connectivity index (χ1) is 7.70. The third-order valence-corrected chi connectivity index (χ3v) is 3.16. The molecule has 0 saturated heterocycles. The molecule has 0 spiro atoms. The Bertz CT molecular complexity index is 498. The van der Waals surface area contributed by atoms with Crippen LogP contribution in [0.5, 0.6) is 0 Å². The molecule has 0 atom stereocenters. The van der Waals surface area contributed by atoms with Gasteiger partial charge in [0.1, 0.15) is 0 Å². The molecule has 0 aromatic heterocycles. The highest BCUT2D eigenvalue weighted by molar-refractivity contribution is 9.10. The van der Waals surface area contributed by atoms with Crippen LogP contribution < -0.4 is 4.90 Å². The van der Waals surface area contributed by atoms with E-state index in [-0.39, 0.29) is 6.61 Å². The molecule has 0 unspecified atom stereocenters. The van der Waals surface area contributed by atoms with Gasteiger partial charge >= 0.3 is 0 Å². The number of aliphatic hydroxyl groups excluding tert-OH is 1. The van der Waals surface area contributed by atoms with Crippen LogP contribution in [0, 0.1) is 0 Å². The number of hydrogen-bond acceptors (Lipinski definition) is 2. The third-order valence-electron chi connectivity index (χ3n) is 2.66. The fraction of sp³-hybridized carbons (Fsp3) is 0.231. The number of fused-ring (bicyclic) bond motifs is 1. The van der Waals surface area contributed by atoms with Crippen molar-refractivity contribution in [1.29, 1.82) is 0 Å². The van der Waals surface area contributed by atoms with E-state index in [1.165, 1.54) is 10.8 Å². The Hall–Kier alpha value is -1.06. The maximum Gasteiger partial charge on any atom is 0.0606 e. The lowest BCUT2D eigenvalue weighted by Gasteiger charge is -2.18. The molecule has 3 heteroatoms. The first-order valence-corrected chi connectivity index (χ1v) is 6.01. The molecule has 16 heavy (non-hydrogen) atoms. The van der Waals surface area contributed by atoms with Crippen molar-refractivity contribution < 1.29 is 5.11 Å². The van der Waals surface area contributed by atoms with Gasteiger partial charge in [0, 0.05) is 23.8 Å². The minimum absolute atomic E-state index is 0.175. The molecule has 0 saturated carbocycles. The second kappa shape index (κ2) is 4.85. The normalized spacial score (nSPS) is 10.7. The van der Waals surface area contributed by atoms with Gasteiger partial charge in [0.25, 0.3) is 0 Å². The fourth-order valence-electron chi connectivity index (χ4n) is 1.72. The van der Waals surface area contributed by atoms with E-state index in [4.69, 9.17) is 5.11 Å². The predicted molar refractivity (Wildman–Crippen MR) is 72.0 cm³/mol. The average molecular weight is 280 g/mol. The van der Waals surface area contributed by atoms with Crippen molar-refractivity contribution in [3.05, 3.63) is 40.9 Å². The minimum atomic E-state index is 0.175. The molecule has 2 rings (SSSR count). The van der Waals surface area contributed by atoms with Gasteiger partial charge in [-0.05, 0) is 35.0 Å². The van der Waals surface area contributed by atoms with Gasteiger partial charge in [-0.1, -0.05) is 28.1 Å². The van der Waals surface area contributed by atoms with Gasteiger partial charge in [-0.15, -0.1) is 0 Å². The van der Waals surface area contributed by atoms with Gasteiger partial charge in [-0.2, -0.15) is 0 Å². The topological polar surface area (TPSA) is 23.5 Å². The number of anilines is 1. The molecule has 1 N–H and O–H groups in total. The average Bonchev–Trinajstić information content (AvgIpc) is 2.28. The van der Waals surface area contributed by atoms with Crippen molar-refractivity contribution in [2.45, 2.75) is 0 Å². The molecule has 2 aromatic rings. The number of aliphatic hydroxyl groups is 1. The van der Waals surface area contributed by atoms with Crippen LogP contribution in [-0.4, -0.2) is 25.3 Å². The van der Waals surface area contributed by atoms with Crippen LogP contribution in [0.4, 0.5) is 5.69 Å². The maximum absolute atomic E-state index is 8.90. The van der Waals surface area contributed by atoms with Crippen molar-refractivity contribution in [2.24, 2.45) is 0 Å². The molecule has 2 aromatic carbocycles. The lowest BCUT2D eigenvalue weighted by molar-refractivity contribution is 0.304. The molecule has 0 amide bonds. The van der Waals surface area contributed by atoms with Crippen LogP contribution >= 0.6 is 15.9 Å². The molecule has 0 fully saturated rings. The first-order valence-electron chi connectivity index (χ1n) is 5.22. The summed E-state index contributed by atoms with van der Waals surface area (Å²) >= 11 is 3.46. The lowest BCUT2D eigenvalue weighted by Crippen LogP contribution is -2.20. The largest absolute Gasteiger partial charge is 0.395 e. The summed E-state index contributed by atoms with van der Waals surface area (Å²) < 4.78 is 1.09. The Morgan fingerprint density at radius 2 is 1.81 bits per heavy atom. The quantitative estimate of drug-likeness (QED) is 0.934. The van der Waals surface area contributed by atoms with Gasteiger partial charge in [0.2, 0.25) is 0 Å². The second-order valence-corrected chi connectivity index (χ2v) is 4.74. The Balaban J connectivity index is 2.40. The van der Waals surface area contributed by atoms with Crippen molar-refractivity contribution in [3.63, 3.8) is 0 Å². The van der Waals surface area contributed by atoms with Crippen LogP contribution in [0.1, 0.15) is 0 Å². The Morgan fingerprint density at radius 3 is 2.56 bits per heavy atom. The zero-order valence-corrected chi connectivity index (χ0v) is 10.7. The molecule has 84 valence electrons. The summed E-state index contributed by atoms with van der Waals surface area (Å²) in [6.45, 7) is 0.830. The zero-order valence-electron chi connectivity index (χ0n) is 9.15. The monoisotopic (exact) mass is 279 g/mol. The van der Waals surface area contributed by atoms with Crippen LogP contribution in [0.15, 0.2) is 40.9 Å². The number of likely N-dealkylation sites (N-methyl/N-ethyl adjacent to an activating group) is 1. The summed E-state index contributed by atoms with van der Waals surface area (Å²) in [6.07, 6.45) is 0. The van der Waals surface area contributed by atoms with Crippen molar-refractivity contribution in [3.8, 4) is 0 Å². The van der Waals surface area contributed by atoms with Gasteiger partial charge in [0.05, 0.1) is 6.61 Å². The van der Waals surface area contributed by atoms with E-state index in [2.05, 4.69) is 46.3 Å². The van der Waals surface area contributed by atoms with Gasteiger partial charge in [-0.3, -0.25) is 0 Å². The third kappa shape index (κ3) is 2.36. The summed E-state index contributed by atoms with van der Waals surface area (Å²) in [7, 11) is 1.98. The number of nitrogens with zero attached hydrogens (tertiary/aromatic N) is 1. The van der Waals surface area contributed by atoms with Crippen molar-refractivity contribution >= 4 is 32.4 Å². The van der Waals surface area contributed by atoms with E-state index in [1.807, 2.05) is 18.0 Å². The highest BCUT2D eigenvalue weighted by Crippen LogP contribution is 2.24. The molecular formula is C13H14BrNO. The lowest BCUT2D eigenvalue weighted by atomic mass is 10.1. The Kier molecular flexibility index (Phi) is 3.46. The SMILES string of the molecule is CN(CCO)c1ccc2cc(Br)ccc2c1. The highest BCUT2D eigenvalue weighted by atomic mass is 79.9. The highest BCUT2D eigenvalue weighted by Gasteiger charge is 2.01. The molecule has 2 nitrogen and oxygen atoms in total. The Morgan fingerprint density at radius 1 is 1.12 bits per heavy atom. The van der Waals surface area contributed by atoms with Gasteiger partial charge in [-0.25, -0.2) is 0 Å². The van der Waals surface area contributed by atoms with Gasteiger partial charge < -0.3 is 10.0 Å². The molecule has 0 aliphatic rings. The molecule has 0 radical (unpaired) electrons. The smallest absolute Gasteiger partial charge is 0.0606 e. The summed E-state index contributed by atoms with van der Waals surface area (Å²) in [5.74, 6) is 0. The molecule has 0 heterocycles. The maximum atomic E-state index is 8.90. The zero-order chi connectivity index (χ0) is 11.5. The number of hydrogen-bond donors (Lipinski definition) is 1. The van der Waals surface area contributed by atoms with E-state index >= 15 is 0 Å². The van der Waals surface area contributed by atoms with E-state index in [9.17, 15) is 0 Å². The summed E-state index contributed by atoms with van der Waals surface area (Å²) in [4.78, 5) is 2.04. The first kappa shape index (κ1) is 11.4. The molecular weight excluding hydrogens is 266 g/mol. The summed E-state index contributed by atoms with van der Waals surface area (Å²) in [5.41, 5.74) is 1.13. The number of halogens is 1. The summed E-state index contributed by atoms with van der Waals surface area (Å²) in [6, 6.07) is 12.5. The molecule has 0 aliphatic heterocycles. The molecule has 0 bridgehead atoms. The van der Waals surface area contributed by atoms with Crippen molar-refractivity contribution in [1.82, 2.24) is 0 Å². The minimum Gasteiger partial charge on any atom is -0.395 e. The van der Waals surface area contributed by atoms with E-state index < -0.39 is 0 Å². The fourth-order valence-corrected chi connectivity index (χ4v) is 2.10. The molecule has 0 aliphatic carbocycles. The van der Waals surface area contributed by atoms with Crippen LogP contribution in [-0.2, 0) is 0 Å². The van der Waals surface area contributed by atoms with Crippen LogP contribution in [0.25, 0.3) is 10.8 Å². The van der Waals surface area contributed by atoms with E-state index in [1.54, 1.807) is 0 Å². The number of benzene rings is 2. The number of rotatable bonds is 3. The van der Waals surface area contributed by atoms with Gasteiger partial charge in [0.15, 0.2) is 0 Å². The van der Waals surface area contributed by atoms with E-state index in [0.29, 0.717) is 6.54 Å². The standard InChI is InChI=1S/C13H14BrNO/c1-15(6-7-16)13-5-3-10-8-12(14)4-2-11(10)9-13/h2-5,8-9,16H,6-7H2,1H3. The second-order valence-electron chi connectivity index (χ2n) is 3.82. The van der Waals surface area contributed by atoms with Crippen molar-refractivity contribution in [2.75, 3.05) is 25.1 Å². The summed E-state index contributed by atoms with van der Waals surface area (Å²) in [5, 5.41) is 11.3. The van der Waals surface area contributed by atoms with Crippen LogP contribution in [0.3, 0.4) is 0 Å². The predicted octanol–water partition coefficient (Wildman–Crippen LogP) is 3.03. The van der Waals surface area contributed by atoms with E-state index in [0.717, 1.165) is 10.2 Å². The van der Waals surface area contributed by atoms with Crippen LogP contribution in [0.2, 0.25) is 0 Å². The Labute approximate surface area is 104 Å².